The van der Waals surface area contributed by atoms with Crippen molar-refractivity contribution in [2.75, 3.05) is 13.1 Å². The molecule has 1 aliphatic rings. The molecule has 148 valence electrons. The Kier molecular flexibility index (Phi) is 6.02. The van der Waals surface area contributed by atoms with Crippen molar-refractivity contribution in [1.29, 1.82) is 0 Å². The van der Waals surface area contributed by atoms with Gasteiger partial charge in [-0.15, -0.1) is 0 Å². The van der Waals surface area contributed by atoms with Gasteiger partial charge in [-0.25, -0.2) is 13.8 Å². The number of benzene rings is 2. The zero-order valence-electron chi connectivity index (χ0n) is 15.2. The molecule has 2 aromatic carbocycles. The lowest BCUT2D eigenvalue weighted by molar-refractivity contribution is 0.0954. The maximum atomic E-state index is 12.7. The van der Waals surface area contributed by atoms with Gasteiger partial charge < -0.3 is 5.11 Å². The van der Waals surface area contributed by atoms with Crippen LogP contribution in [-0.2, 0) is 10.0 Å². The van der Waals surface area contributed by atoms with Crippen molar-refractivity contribution in [2.45, 2.75) is 24.7 Å². The summed E-state index contributed by atoms with van der Waals surface area (Å²) in [5, 5.41) is 14.3. The van der Waals surface area contributed by atoms with Crippen LogP contribution in [0.5, 0.6) is 5.75 Å². The largest absolute Gasteiger partial charge is 0.507 e. The molecule has 0 unspecified atom stereocenters. The molecule has 0 atom stereocenters. The highest BCUT2D eigenvalue weighted by Gasteiger charge is 2.27. The summed E-state index contributed by atoms with van der Waals surface area (Å²) in [6, 6.07) is 10.4. The van der Waals surface area contributed by atoms with Gasteiger partial charge in [0, 0.05) is 29.2 Å². The summed E-state index contributed by atoms with van der Waals surface area (Å²) in [7, 11) is -3.61. The monoisotopic (exact) mass is 421 g/mol. The van der Waals surface area contributed by atoms with Crippen LogP contribution in [-0.4, -0.2) is 42.5 Å². The molecule has 3 rings (SSSR count). The molecule has 9 heteroatoms. The number of hydrogen-bond donors (Lipinski definition) is 2. The van der Waals surface area contributed by atoms with Gasteiger partial charge in [-0.3, -0.25) is 4.79 Å². The number of sulfonamides is 1. The fourth-order valence-electron chi connectivity index (χ4n) is 2.93. The Hall–Kier alpha value is -2.42. The zero-order chi connectivity index (χ0) is 20.3. The molecule has 0 saturated carbocycles. The highest BCUT2D eigenvalue weighted by Crippen LogP contribution is 2.23. The van der Waals surface area contributed by atoms with E-state index in [0.29, 0.717) is 29.4 Å². The van der Waals surface area contributed by atoms with Crippen molar-refractivity contribution >= 4 is 33.2 Å². The van der Waals surface area contributed by atoms with Crippen molar-refractivity contribution in [3.63, 3.8) is 0 Å². The number of nitrogens with one attached hydrogen (secondary N) is 1. The fourth-order valence-corrected chi connectivity index (χ4v) is 4.67. The minimum Gasteiger partial charge on any atom is -0.507 e. The van der Waals surface area contributed by atoms with E-state index in [1.165, 1.54) is 40.7 Å². The number of hydrogen-bond acceptors (Lipinski definition) is 5. The smallest absolute Gasteiger partial charge is 0.271 e. The maximum Gasteiger partial charge on any atom is 0.271 e. The number of rotatable bonds is 5. The van der Waals surface area contributed by atoms with E-state index in [2.05, 4.69) is 10.5 Å². The number of carbonyl (C=O) groups excluding carboxylic acids is 1. The van der Waals surface area contributed by atoms with Crippen molar-refractivity contribution in [3.05, 3.63) is 58.6 Å². The summed E-state index contributed by atoms with van der Waals surface area (Å²) in [5.41, 5.74) is 3.29. The van der Waals surface area contributed by atoms with Gasteiger partial charge in [-0.1, -0.05) is 17.7 Å². The van der Waals surface area contributed by atoms with Gasteiger partial charge in [0.15, 0.2) is 0 Å². The second-order valence-electron chi connectivity index (χ2n) is 6.44. The van der Waals surface area contributed by atoms with E-state index in [0.717, 1.165) is 12.8 Å². The minimum absolute atomic E-state index is 0.0152. The zero-order valence-corrected chi connectivity index (χ0v) is 16.8. The number of phenols is 1. The molecule has 28 heavy (non-hydrogen) atoms. The Labute approximate surface area is 168 Å². The quantitative estimate of drug-likeness (QED) is 0.572. The first-order valence-corrected chi connectivity index (χ1v) is 10.5. The van der Waals surface area contributed by atoms with Gasteiger partial charge in [0.05, 0.1) is 10.6 Å². The summed E-state index contributed by atoms with van der Waals surface area (Å²) in [5.74, 6) is -0.571. The van der Waals surface area contributed by atoms with Crippen molar-refractivity contribution in [3.8, 4) is 5.75 Å². The molecule has 1 saturated heterocycles. The fraction of sp³-hybridized carbons (Fsp3) is 0.263. The summed E-state index contributed by atoms with van der Waals surface area (Å²) in [6.45, 7) is 2.59. The first kappa shape index (κ1) is 20.3. The second-order valence-corrected chi connectivity index (χ2v) is 8.81. The first-order chi connectivity index (χ1) is 13.3. The number of carbonyl (C=O) groups is 1. The third-order valence-electron chi connectivity index (χ3n) is 4.47. The highest BCUT2D eigenvalue weighted by atomic mass is 35.5. The lowest BCUT2D eigenvalue weighted by Gasteiger charge is -2.15. The van der Waals surface area contributed by atoms with E-state index < -0.39 is 15.9 Å². The Morgan fingerprint density at radius 2 is 1.89 bits per heavy atom. The molecule has 0 radical (unpaired) electrons. The second kappa shape index (κ2) is 8.30. The molecule has 1 heterocycles. The summed E-state index contributed by atoms with van der Waals surface area (Å²) >= 11 is 5.92. The van der Waals surface area contributed by atoms with E-state index >= 15 is 0 Å². The van der Waals surface area contributed by atoms with Crippen LogP contribution >= 0.6 is 11.6 Å². The maximum absolute atomic E-state index is 12.7. The van der Waals surface area contributed by atoms with E-state index in [-0.39, 0.29) is 16.2 Å². The third kappa shape index (κ3) is 4.35. The van der Waals surface area contributed by atoms with Crippen molar-refractivity contribution < 1.29 is 18.3 Å². The van der Waals surface area contributed by atoms with Crippen LogP contribution in [0.25, 0.3) is 0 Å². The highest BCUT2D eigenvalue weighted by molar-refractivity contribution is 7.89. The number of nitrogens with zero attached hydrogens (tertiary/aromatic N) is 2. The normalized spacial score (nSPS) is 15.6. The van der Waals surface area contributed by atoms with E-state index in [9.17, 15) is 18.3 Å². The van der Waals surface area contributed by atoms with Gasteiger partial charge in [-0.05, 0) is 56.2 Å². The summed E-state index contributed by atoms with van der Waals surface area (Å²) in [6.07, 6.45) is 1.67. The van der Waals surface area contributed by atoms with Crippen LogP contribution in [0.1, 0.15) is 35.7 Å². The molecule has 1 fully saturated rings. The predicted molar refractivity (Wildman–Crippen MR) is 107 cm³/mol. The molecule has 0 bridgehead atoms. The molecule has 2 N–H and O–H groups in total. The molecule has 1 aliphatic heterocycles. The van der Waals surface area contributed by atoms with Crippen LogP contribution in [0.15, 0.2) is 52.5 Å². The lowest BCUT2D eigenvalue weighted by atomic mass is 10.1. The average molecular weight is 422 g/mol. The van der Waals surface area contributed by atoms with Crippen LogP contribution in [0.2, 0.25) is 5.02 Å². The number of hydrazone groups is 1. The lowest BCUT2D eigenvalue weighted by Crippen LogP contribution is -2.28. The average Bonchev–Trinajstić information content (AvgIpc) is 3.23. The predicted octanol–water partition coefficient (Wildman–Crippen LogP) is 2.98. The van der Waals surface area contributed by atoms with Crippen LogP contribution < -0.4 is 5.43 Å². The molecule has 0 aromatic heterocycles. The van der Waals surface area contributed by atoms with Crippen molar-refractivity contribution in [2.24, 2.45) is 5.10 Å². The molecule has 2 aromatic rings. The molecule has 0 aliphatic carbocycles. The van der Waals surface area contributed by atoms with Crippen molar-refractivity contribution in [1.82, 2.24) is 9.73 Å². The van der Waals surface area contributed by atoms with Gasteiger partial charge in [0.1, 0.15) is 5.75 Å². The van der Waals surface area contributed by atoms with E-state index in [4.69, 9.17) is 11.6 Å². The number of phenolic OH excluding ortho intramolecular Hbond substituents is 1. The van der Waals surface area contributed by atoms with E-state index in [1.807, 2.05) is 0 Å². The standard InChI is InChI=1S/C19H20ClN3O4S/c1-13(17-12-15(20)7-8-18(17)24)21-22-19(25)14-5-4-6-16(11-14)28(26,27)23-9-2-3-10-23/h4-8,11-12,24H,2-3,9-10H2,1H3,(H,22,25)/b21-13-. The number of aromatic hydroxyl groups is 1. The first-order valence-electron chi connectivity index (χ1n) is 8.73. The van der Waals surface area contributed by atoms with Gasteiger partial charge in [0.25, 0.3) is 5.91 Å². The Balaban J connectivity index is 1.79. The third-order valence-corrected chi connectivity index (χ3v) is 6.60. The minimum atomic E-state index is -3.61. The van der Waals surface area contributed by atoms with E-state index in [1.54, 1.807) is 13.0 Å². The SMILES string of the molecule is C/C(=N/NC(=O)c1cccc(S(=O)(=O)N2CCCC2)c1)c1cc(Cl)ccc1O. The number of amides is 1. The summed E-state index contributed by atoms with van der Waals surface area (Å²) < 4.78 is 26.7. The topological polar surface area (TPSA) is 99.1 Å². The molecular formula is C19H20ClN3O4S. The number of halogens is 1. The van der Waals surface area contributed by atoms with Crippen LogP contribution in [0.3, 0.4) is 0 Å². The Morgan fingerprint density at radius 3 is 2.61 bits per heavy atom. The van der Waals surface area contributed by atoms with Crippen LogP contribution in [0, 0.1) is 0 Å². The molecular weight excluding hydrogens is 402 g/mol. The van der Waals surface area contributed by atoms with Gasteiger partial charge >= 0.3 is 0 Å². The molecule has 0 spiro atoms. The summed E-state index contributed by atoms with van der Waals surface area (Å²) in [4.78, 5) is 12.5. The Morgan fingerprint density at radius 1 is 1.18 bits per heavy atom. The van der Waals surface area contributed by atoms with Gasteiger partial charge in [-0.2, -0.15) is 9.41 Å². The Bertz CT molecular complexity index is 1030. The molecule has 7 nitrogen and oxygen atoms in total. The van der Waals surface area contributed by atoms with Gasteiger partial charge in [0.2, 0.25) is 10.0 Å². The van der Waals surface area contributed by atoms with Crippen LogP contribution in [0.4, 0.5) is 0 Å². The molecule has 1 amide bonds.